The van der Waals surface area contributed by atoms with E-state index in [4.69, 9.17) is 0 Å². The lowest BCUT2D eigenvalue weighted by Gasteiger charge is -2.51. The van der Waals surface area contributed by atoms with Gasteiger partial charge in [-0.3, -0.25) is 0 Å². The van der Waals surface area contributed by atoms with Crippen LogP contribution in [0.25, 0.3) is 0 Å². The number of nitrogens with one attached hydrogen (secondary N) is 1. The van der Waals surface area contributed by atoms with E-state index in [1.807, 2.05) is 38.1 Å². The van der Waals surface area contributed by atoms with Crippen molar-refractivity contribution in [1.29, 1.82) is 5.26 Å². The Morgan fingerprint density at radius 3 is 2.56 bits per heavy atom. The molecule has 2 fully saturated rings. The monoisotopic (exact) mass is 337 g/mol. The van der Waals surface area contributed by atoms with Crippen molar-refractivity contribution in [3.05, 3.63) is 35.4 Å². The molecule has 1 aliphatic carbocycles. The number of nitrogens with zero attached hydrogens (tertiary/aromatic N) is 2. The van der Waals surface area contributed by atoms with Crippen LogP contribution in [0, 0.1) is 29.1 Å². The molecule has 3 atom stereocenters. The largest absolute Gasteiger partial charge is 0.394 e. The molecular weight excluding hydrogens is 314 g/mol. The summed E-state index contributed by atoms with van der Waals surface area (Å²) in [7, 11) is 0. The molecule has 25 heavy (non-hydrogen) atoms. The Morgan fingerprint density at radius 1 is 1.36 bits per heavy atom. The maximum atomic E-state index is 12.3. The van der Waals surface area contributed by atoms with E-state index in [2.05, 4.69) is 23.2 Å². The van der Waals surface area contributed by atoms with Gasteiger partial charge in [0.1, 0.15) is 6.04 Å². The van der Waals surface area contributed by atoms with Gasteiger partial charge in [0.2, 0.25) is 0 Å². The van der Waals surface area contributed by atoms with Crippen molar-refractivity contribution in [2.24, 2.45) is 5.92 Å². The molecule has 2 amide bonds. The van der Waals surface area contributed by atoms with Crippen LogP contribution in [0.3, 0.4) is 0 Å². The fourth-order valence-electron chi connectivity index (χ4n) is 3.21. The molecule has 2 aliphatic rings. The minimum atomic E-state index is -0.570. The Hall–Kier alpha value is -2.50. The third-order valence-electron chi connectivity index (χ3n) is 4.67. The number of carbonyl (C=O) groups excluding carboxylic acids is 1. The van der Waals surface area contributed by atoms with E-state index < -0.39 is 6.04 Å². The second kappa shape index (κ2) is 7.17. The van der Waals surface area contributed by atoms with E-state index >= 15 is 0 Å². The topological polar surface area (TPSA) is 76.4 Å². The van der Waals surface area contributed by atoms with Gasteiger partial charge in [-0.2, -0.15) is 5.26 Å². The van der Waals surface area contributed by atoms with Crippen molar-refractivity contribution in [3.63, 3.8) is 0 Å². The maximum absolute atomic E-state index is 12.3. The molecule has 0 spiro atoms. The lowest BCUT2D eigenvalue weighted by Crippen LogP contribution is -2.67. The minimum absolute atomic E-state index is 0.0189. The first-order valence-corrected chi connectivity index (χ1v) is 8.76. The van der Waals surface area contributed by atoms with Crippen LogP contribution in [0.2, 0.25) is 0 Å². The molecule has 130 valence electrons. The lowest BCUT2D eigenvalue weighted by atomic mass is 9.76. The first-order valence-electron chi connectivity index (χ1n) is 8.76. The molecule has 0 radical (unpaired) electrons. The first kappa shape index (κ1) is 17.3. The van der Waals surface area contributed by atoms with Crippen molar-refractivity contribution >= 4 is 6.03 Å². The number of hydrogen-bond donors (Lipinski definition) is 2. The number of nitriles is 1. The van der Waals surface area contributed by atoms with Crippen LogP contribution in [0.5, 0.6) is 0 Å². The van der Waals surface area contributed by atoms with Gasteiger partial charge in [-0.1, -0.05) is 24.0 Å². The average molecular weight is 337 g/mol. The Kier molecular flexibility index (Phi) is 4.97. The van der Waals surface area contributed by atoms with Crippen molar-refractivity contribution < 1.29 is 9.90 Å². The molecule has 5 nitrogen and oxygen atoms in total. The minimum Gasteiger partial charge on any atom is -0.394 e. The zero-order valence-corrected chi connectivity index (χ0v) is 14.6. The second-order valence-corrected chi connectivity index (χ2v) is 7.03. The smallest absolute Gasteiger partial charge is 0.319 e. The number of hydrogen-bond acceptors (Lipinski definition) is 3. The third-order valence-corrected chi connectivity index (χ3v) is 4.67. The third kappa shape index (κ3) is 3.62. The van der Waals surface area contributed by atoms with Gasteiger partial charge < -0.3 is 15.3 Å². The zero-order valence-electron chi connectivity index (χ0n) is 14.6. The van der Waals surface area contributed by atoms with Gasteiger partial charge >= 0.3 is 6.03 Å². The average Bonchev–Trinajstić information content (AvgIpc) is 3.37. The summed E-state index contributed by atoms with van der Waals surface area (Å²) in [6, 6.07) is 8.73. The molecule has 2 N–H and O–H groups in total. The highest BCUT2D eigenvalue weighted by molar-refractivity contribution is 5.77. The van der Waals surface area contributed by atoms with Crippen LogP contribution in [0.15, 0.2) is 24.3 Å². The van der Waals surface area contributed by atoms with Crippen LogP contribution in [0.4, 0.5) is 4.79 Å². The molecule has 1 saturated carbocycles. The number of carbonyl (C=O) groups is 1. The number of likely N-dealkylation sites (tertiary alicyclic amines) is 1. The van der Waals surface area contributed by atoms with Gasteiger partial charge in [0, 0.05) is 23.4 Å². The number of amides is 2. The van der Waals surface area contributed by atoms with Crippen LogP contribution in [0.1, 0.15) is 43.7 Å². The fourth-order valence-corrected chi connectivity index (χ4v) is 3.21. The summed E-state index contributed by atoms with van der Waals surface area (Å²) in [5, 5.41) is 22.0. The molecule has 3 rings (SSSR count). The van der Waals surface area contributed by atoms with Crippen molar-refractivity contribution in [1.82, 2.24) is 10.2 Å². The molecule has 1 aromatic rings. The standard InChI is InChI=1S/C20H23N3O2/c1-13(2)22-20(25)23-17(11-21)19(18(23)12-24)16-9-7-15(8-10-16)6-5-14-3-4-14/h7-10,13-14,17-19,24H,3-4,12H2,1-2H3,(H,22,25)/t17-,18+,19-/m0/s1. The van der Waals surface area contributed by atoms with Gasteiger partial charge in [-0.25, -0.2) is 4.79 Å². The molecule has 1 heterocycles. The summed E-state index contributed by atoms with van der Waals surface area (Å²) >= 11 is 0. The summed E-state index contributed by atoms with van der Waals surface area (Å²) in [6.45, 7) is 3.56. The normalized spacial score (nSPS) is 24.8. The van der Waals surface area contributed by atoms with Crippen LogP contribution >= 0.6 is 0 Å². The highest BCUT2D eigenvalue weighted by Gasteiger charge is 2.51. The molecule has 5 heteroatoms. The van der Waals surface area contributed by atoms with Crippen LogP contribution in [-0.4, -0.2) is 40.8 Å². The number of benzene rings is 1. The van der Waals surface area contributed by atoms with E-state index in [9.17, 15) is 15.2 Å². The molecular formula is C20H23N3O2. The van der Waals surface area contributed by atoms with E-state index in [1.54, 1.807) is 0 Å². The van der Waals surface area contributed by atoms with Gasteiger partial charge in [-0.05, 0) is 44.4 Å². The number of aliphatic hydroxyl groups excluding tert-OH is 1. The van der Waals surface area contributed by atoms with E-state index in [1.165, 1.54) is 17.7 Å². The number of aliphatic hydroxyl groups is 1. The predicted molar refractivity (Wildman–Crippen MR) is 94.6 cm³/mol. The van der Waals surface area contributed by atoms with Gasteiger partial charge in [0.25, 0.3) is 0 Å². The van der Waals surface area contributed by atoms with E-state index in [0.29, 0.717) is 5.92 Å². The molecule has 0 aromatic heterocycles. The van der Waals surface area contributed by atoms with Crippen LogP contribution < -0.4 is 5.32 Å². The van der Waals surface area contributed by atoms with E-state index in [-0.39, 0.29) is 30.6 Å². The number of rotatable bonds is 3. The summed E-state index contributed by atoms with van der Waals surface area (Å²) < 4.78 is 0. The molecule has 0 bridgehead atoms. The predicted octanol–water partition coefficient (Wildman–Crippen LogP) is 2.22. The van der Waals surface area contributed by atoms with Gasteiger partial charge in [-0.15, -0.1) is 0 Å². The Balaban J connectivity index is 1.76. The molecule has 1 aliphatic heterocycles. The second-order valence-electron chi connectivity index (χ2n) is 7.03. The highest BCUT2D eigenvalue weighted by atomic mass is 16.3. The van der Waals surface area contributed by atoms with Crippen LogP contribution in [-0.2, 0) is 0 Å². The van der Waals surface area contributed by atoms with Crippen molar-refractivity contribution in [2.75, 3.05) is 6.61 Å². The SMILES string of the molecule is CC(C)NC(=O)N1[C@H](CO)[C@@H](c2ccc(C#CC3CC3)cc2)[C@@H]1C#N. The lowest BCUT2D eigenvalue weighted by molar-refractivity contribution is 0.0162. The summed E-state index contributed by atoms with van der Waals surface area (Å²) in [4.78, 5) is 13.7. The summed E-state index contributed by atoms with van der Waals surface area (Å²) in [5.41, 5.74) is 1.91. The molecule has 1 aromatic carbocycles. The highest BCUT2D eigenvalue weighted by Crippen LogP contribution is 2.40. The zero-order chi connectivity index (χ0) is 18.0. The Bertz CT molecular complexity index is 735. The fraction of sp³-hybridized carbons (Fsp3) is 0.500. The van der Waals surface area contributed by atoms with Gasteiger partial charge in [0.15, 0.2) is 0 Å². The maximum Gasteiger partial charge on any atom is 0.319 e. The number of urea groups is 1. The summed E-state index contributed by atoms with van der Waals surface area (Å²) in [5.74, 6) is 6.77. The van der Waals surface area contributed by atoms with E-state index in [0.717, 1.165) is 11.1 Å². The Labute approximate surface area is 148 Å². The van der Waals surface area contributed by atoms with Crippen molar-refractivity contribution in [3.8, 4) is 17.9 Å². The van der Waals surface area contributed by atoms with Crippen molar-refractivity contribution in [2.45, 2.75) is 50.7 Å². The van der Waals surface area contributed by atoms with Gasteiger partial charge in [0.05, 0.1) is 18.7 Å². The molecule has 1 saturated heterocycles. The quantitative estimate of drug-likeness (QED) is 0.830. The Morgan fingerprint density at radius 2 is 2.04 bits per heavy atom. The molecule has 0 unspecified atom stereocenters. The first-order chi connectivity index (χ1) is 12.0. The summed E-state index contributed by atoms with van der Waals surface area (Å²) in [6.07, 6.45) is 2.40.